The molecule has 9 aromatic rings. The Balaban J connectivity index is 1.18. The maximum atomic E-state index is 6.72. The zero-order valence-electron chi connectivity index (χ0n) is 29.4. The quantitative estimate of drug-likeness (QED) is 0.185. The molecule has 0 spiro atoms. The van der Waals surface area contributed by atoms with Crippen molar-refractivity contribution in [2.75, 3.05) is 9.80 Å². The Morgan fingerprint density at radius 1 is 0.509 bits per heavy atom. The smallest absolute Gasteiger partial charge is 0.159 e. The Kier molecular flexibility index (Phi) is 6.27. The minimum Gasteiger partial charge on any atom is -0.454 e. The standard InChI is InChI=1S/C49H34N2O2/c1-49(2)39-28-27-35(30-42(39)51-46-36-15-7-6-14-33(36)24-29-45(46)52-44-21-11-18-40(49)47(44)51)50(34-25-22-32(23-26-34)31-12-4-3-5-13-31)41-19-10-17-38-37-16-8-9-20-43(37)53-48(38)41/h3-30H,1-2H3. The predicted molar refractivity (Wildman–Crippen MR) is 218 cm³/mol. The van der Waals surface area contributed by atoms with Crippen LogP contribution in [0, 0.1) is 0 Å². The molecule has 2 aliphatic rings. The molecule has 252 valence electrons. The Bertz CT molecular complexity index is 2910. The van der Waals surface area contributed by atoms with Crippen LogP contribution < -0.4 is 14.5 Å². The van der Waals surface area contributed by atoms with Gasteiger partial charge in [-0.15, -0.1) is 0 Å². The summed E-state index contributed by atoms with van der Waals surface area (Å²) in [5, 5.41) is 4.53. The van der Waals surface area contributed by atoms with Crippen molar-refractivity contribution < 1.29 is 9.15 Å². The number of furan rings is 1. The molecule has 0 bridgehead atoms. The molecular weight excluding hydrogens is 649 g/mol. The van der Waals surface area contributed by atoms with Gasteiger partial charge in [-0.2, -0.15) is 0 Å². The zero-order valence-corrected chi connectivity index (χ0v) is 29.4. The van der Waals surface area contributed by atoms with E-state index in [1.807, 2.05) is 12.1 Å². The van der Waals surface area contributed by atoms with E-state index in [1.54, 1.807) is 0 Å². The first-order chi connectivity index (χ1) is 26.0. The van der Waals surface area contributed by atoms with Crippen LogP contribution in [-0.4, -0.2) is 0 Å². The van der Waals surface area contributed by atoms with Crippen molar-refractivity contribution in [2.45, 2.75) is 19.3 Å². The molecule has 3 heterocycles. The molecule has 0 atom stereocenters. The van der Waals surface area contributed by atoms with E-state index in [4.69, 9.17) is 9.15 Å². The van der Waals surface area contributed by atoms with Crippen molar-refractivity contribution in [1.29, 1.82) is 0 Å². The van der Waals surface area contributed by atoms with E-state index in [-0.39, 0.29) is 5.41 Å². The molecule has 0 N–H and O–H groups in total. The first kappa shape index (κ1) is 29.9. The molecule has 53 heavy (non-hydrogen) atoms. The molecule has 0 saturated carbocycles. The zero-order chi connectivity index (χ0) is 35.3. The van der Waals surface area contributed by atoms with Crippen LogP contribution in [0.15, 0.2) is 174 Å². The summed E-state index contributed by atoms with van der Waals surface area (Å²) in [5.41, 5.74) is 12.7. The van der Waals surface area contributed by atoms with Gasteiger partial charge in [0.1, 0.15) is 5.58 Å². The third kappa shape index (κ3) is 4.36. The Morgan fingerprint density at radius 2 is 1.21 bits per heavy atom. The third-order valence-corrected chi connectivity index (χ3v) is 11.2. The number of para-hydroxylation sites is 3. The molecule has 0 saturated heterocycles. The van der Waals surface area contributed by atoms with Gasteiger partial charge < -0.3 is 19.0 Å². The number of benzene rings is 8. The largest absolute Gasteiger partial charge is 0.454 e. The van der Waals surface area contributed by atoms with Gasteiger partial charge in [-0.3, -0.25) is 0 Å². The summed E-state index contributed by atoms with van der Waals surface area (Å²) in [6.07, 6.45) is 0. The lowest BCUT2D eigenvalue weighted by Gasteiger charge is -2.45. The molecule has 1 aromatic heterocycles. The average molecular weight is 683 g/mol. The van der Waals surface area contributed by atoms with Gasteiger partial charge in [0.05, 0.1) is 22.7 Å². The Labute approximate surface area is 307 Å². The van der Waals surface area contributed by atoms with E-state index in [1.165, 1.54) is 27.6 Å². The maximum absolute atomic E-state index is 6.72. The molecular formula is C49H34N2O2. The molecule has 0 aliphatic carbocycles. The monoisotopic (exact) mass is 682 g/mol. The second-order valence-corrected chi connectivity index (χ2v) is 14.6. The van der Waals surface area contributed by atoms with Crippen LogP contribution >= 0.6 is 0 Å². The Morgan fingerprint density at radius 3 is 2.08 bits per heavy atom. The van der Waals surface area contributed by atoms with E-state index in [2.05, 4.69) is 181 Å². The van der Waals surface area contributed by atoms with Crippen LogP contribution in [0.3, 0.4) is 0 Å². The highest BCUT2D eigenvalue weighted by atomic mass is 16.5. The van der Waals surface area contributed by atoms with E-state index in [0.29, 0.717) is 0 Å². The van der Waals surface area contributed by atoms with Crippen LogP contribution in [0.4, 0.5) is 34.1 Å². The summed E-state index contributed by atoms with van der Waals surface area (Å²) in [5.74, 6) is 1.72. The highest BCUT2D eigenvalue weighted by Gasteiger charge is 2.42. The molecule has 4 nitrogen and oxygen atoms in total. The van der Waals surface area contributed by atoms with Crippen molar-refractivity contribution >= 4 is 66.8 Å². The minimum absolute atomic E-state index is 0.276. The van der Waals surface area contributed by atoms with Crippen molar-refractivity contribution in [3.63, 3.8) is 0 Å². The molecule has 4 heteroatoms. The highest BCUT2D eigenvalue weighted by molar-refractivity contribution is 6.11. The normalized spacial score (nSPS) is 13.7. The van der Waals surface area contributed by atoms with Gasteiger partial charge in [0.15, 0.2) is 17.1 Å². The number of hydrogen-bond donors (Lipinski definition) is 0. The van der Waals surface area contributed by atoms with Crippen LogP contribution in [0.1, 0.15) is 25.0 Å². The second-order valence-electron chi connectivity index (χ2n) is 14.6. The van der Waals surface area contributed by atoms with Crippen LogP contribution in [0.5, 0.6) is 11.5 Å². The van der Waals surface area contributed by atoms with E-state index < -0.39 is 0 Å². The number of anilines is 6. The molecule has 0 radical (unpaired) electrons. The average Bonchev–Trinajstić information content (AvgIpc) is 3.59. The molecule has 8 aromatic carbocycles. The number of hydrogen-bond acceptors (Lipinski definition) is 4. The lowest BCUT2D eigenvalue weighted by Crippen LogP contribution is -2.32. The Hall–Kier alpha value is -6.78. The first-order valence-corrected chi connectivity index (χ1v) is 18.2. The fourth-order valence-corrected chi connectivity index (χ4v) is 8.65. The van der Waals surface area contributed by atoms with Gasteiger partial charge in [-0.05, 0) is 76.2 Å². The van der Waals surface area contributed by atoms with Crippen molar-refractivity contribution in [3.05, 3.63) is 181 Å². The second kappa shape index (κ2) is 11.1. The summed E-state index contributed by atoms with van der Waals surface area (Å²) in [6, 6.07) is 60.5. The number of nitrogens with zero attached hydrogens (tertiary/aromatic N) is 2. The third-order valence-electron chi connectivity index (χ3n) is 11.2. The highest BCUT2D eigenvalue weighted by Crippen LogP contribution is 2.61. The summed E-state index contributed by atoms with van der Waals surface area (Å²) in [6.45, 7) is 4.65. The van der Waals surface area contributed by atoms with Gasteiger partial charge in [0, 0.05) is 32.9 Å². The SMILES string of the molecule is CC1(C)c2ccc(N(c3ccc(-c4ccccc4)cc3)c3cccc4c3oc3ccccc34)cc2N2c3c(cccc31)Oc1ccc3ccccc3c12. The summed E-state index contributed by atoms with van der Waals surface area (Å²) < 4.78 is 13.4. The maximum Gasteiger partial charge on any atom is 0.159 e. The summed E-state index contributed by atoms with van der Waals surface area (Å²) in [7, 11) is 0. The minimum atomic E-state index is -0.276. The molecule has 2 aliphatic heterocycles. The van der Waals surface area contributed by atoms with Gasteiger partial charge in [-0.25, -0.2) is 0 Å². The first-order valence-electron chi connectivity index (χ1n) is 18.2. The van der Waals surface area contributed by atoms with E-state index in [9.17, 15) is 0 Å². The lowest BCUT2D eigenvalue weighted by molar-refractivity contribution is 0.472. The van der Waals surface area contributed by atoms with Crippen molar-refractivity contribution in [3.8, 4) is 22.6 Å². The van der Waals surface area contributed by atoms with Gasteiger partial charge >= 0.3 is 0 Å². The molecule has 0 fully saturated rings. The summed E-state index contributed by atoms with van der Waals surface area (Å²) in [4.78, 5) is 4.80. The number of fused-ring (bicyclic) bond motifs is 9. The van der Waals surface area contributed by atoms with Crippen molar-refractivity contribution in [2.24, 2.45) is 0 Å². The van der Waals surface area contributed by atoms with Gasteiger partial charge in [0.2, 0.25) is 0 Å². The van der Waals surface area contributed by atoms with Crippen molar-refractivity contribution in [1.82, 2.24) is 0 Å². The lowest BCUT2D eigenvalue weighted by atomic mass is 9.73. The van der Waals surface area contributed by atoms with E-state index >= 15 is 0 Å². The van der Waals surface area contributed by atoms with Gasteiger partial charge in [-0.1, -0.05) is 135 Å². The molecule has 0 unspecified atom stereocenters. The van der Waals surface area contributed by atoms with E-state index in [0.717, 1.165) is 72.9 Å². The predicted octanol–water partition coefficient (Wildman–Crippen LogP) is 14.1. The molecule has 11 rings (SSSR count). The topological polar surface area (TPSA) is 28.9 Å². The molecule has 0 amide bonds. The fourth-order valence-electron chi connectivity index (χ4n) is 8.65. The summed E-state index contributed by atoms with van der Waals surface area (Å²) >= 11 is 0. The number of rotatable bonds is 4. The fraction of sp³-hybridized carbons (Fsp3) is 0.0612. The van der Waals surface area contributed by atoms with Gasteiger partial charge in [0.25, 0.3) is 0 Å². The van der Waals surface area contributed by atoms with Crippen LogP contribution in [0.2, 0.25) is 0 Å². The van der Waals surface area contributed by atoms with Crippen LogP contribution in [-0.2, 0) is 5.41 Å². The van der Waals surface area contributed by atoms with Crippen LogP contribution in [0.25, 0.3) is 43.8 Å². The number of ether oxygens (including phenoxy) is 1.